The Hall–Kier alpha value is -0.840. The second-order valence-corrected chi connectivity index (χ2v) is 4.18. The number of rotatable bonds is 3. The van der Waals surface area contributed by atoms with E-state index >= 15 is 0 Å². The van der Waals surface area contributed by atoms with E-state index in [9.17, 15) is 0 Å². The molecule has 1 fully saturated rings. The van der Waals surface area contributed by atoms with Crippen molar-refractivity contribution in [2.45, 2.75) is 25.3 Å². The maximum absolute atomic E-state index is 4.96. The second kappa shape index (κ2) is 4.13. The van der Waals surface area contributed by atoms with Gasteiger partial charge in [0.2, 0.25) is 0 Å². The van der Waals surface area contributed by atoms with Crippen LogP contribution in [-0.4, -0.2) is 23.1 Å². The number of methoxy groups -OCH3 is 1. The minimum atomic E-state index is 0.398. The molecule has 14 heavy (non-hydrogen) atoms. The number of hydrogen-bond donors (Lipinski definition) is 1. The molecule has 5 heteroatoms. The molecular formula is C9H12BrN3O. The molecule has 2 rings (SSSR count). The Morgan fingerprint density at radius 1 is 1.57 bits per heavy atom. The first-order valence-electron chi connectivity index (χ1n) is 4.62. The Balaban J connectivity index is 2.13. The fourth-order valence-electron chi connectivity index (χ4n) is 1.30. The highest BCUT2D eigenvalue weighted by Crippen LogP contribution is 2.27. The van der Waals surface area contributed by atoms with Gasteiger partial charge in [0.1, 0.15) is 5.82 Å². The monoisotopic (exact) mass is 257 g/mol. The van der Waals surface area contributed by atoms with E-state index in [0.29, 0.717) is 12.1 Å². The quantitative estimate of drug-likeness (QED) is 0.902. The van der Waals surface area contributed by atoms with E-state index in [4.69, 9.17) is 4.74 Å². The Morgan fingerprint density at radius 3 is 2.93 bits per heavy atom. The van der Waals surface area contributed by atoms with Crippen LogP contribution in [-0.2, 0) is 0 Å². The van der Waals surface area contributed by atoms with Crippen LogP contribution in [0.3, 0.4) is 0 Å². The third-order valence-electron chi connectivity index (χ3n) is 2.35. The Morgan fingerprint density at radius 2 is 2.36 bits per heavy atom. The zero-order valence-corrected chi connectivity index (χ0v) is 9.54. The van der Waals surface area contributed by atoms with Gasteiger partial charge in [0.25, 0.3) is 0 Å². The molecular weight excluding hydrogens is 246 g/mol. The van der Waals surface area contributed by atoms with E-state index in [1.54, 1.807) is 13.3 Å². The van der Waals surface area contributed by atoms with Crippen molar-refractivity contribution in [2.75, 3.05) is 12.4 Å². The van der Waals surface area contributed by atoms with Crippen molar-refractivity contribution in [1.82, 2.24) is 9.97 Å². The molecule has 1 aliphatic rings. The van der Waals surface area contributed by atoms with Gasteiger partial charge >= 0.3 is 6.01 Å². The Kier molecular flexibility index (Phi) is 2.86. The van der Waals surface area contributed by atoms with Crippen molar-refractivity contribution >= 4 is 21.7 Å². The summed E-state index contributed by atoms with van der Waals surface area (Å²) in [7, 11) is 1.57. The van der Waals surface area contributed by atoms with Crippen LogP contribution in [0.4, 0.5) is 5.82 Å². The zero-order valence-electron chi connectivity index (χ0n) is 7.96. The fourth-order valence-corrected chi connectivity index (χ4v) is 1.60. The van der Waals surface area contributed by atoms with Gasteiger partial charge in [-0.05, 0) is 35.2 Å². The summed E-state index contributed by atoms with van der Waals surface area (Å²) >= 11 is 3.40. The molecule has 0 unspecified atom stereocenters. The summed E-state index contributed by atoms with van der Waals surface area (Å²) in [6.07, 6.45) is 5.45. The van der Waals surface area contributed by atoms with Crippen LogP contribution in [0.15, 0.2) is 10.7 Å². The molecule has 0 spiro atoms. The van der Waals surface area contributed by atoms with Gasteiger partial charge in [-0.2, -0.15) is 4.98 Å². The number of hydrogen-bond acceptors (Lipinski definition) is 4. The second-order valence-electron chi connectivity index (χ2n) is 3.33. The van der Waals surface area contributed by atoms with E-state index in [0.717, 1.165) is 10.3 Å². The van der Waals surface area contributed by atoms with Crippen LogP contribution in [0.25, 0.3) is 0 Å². The first-order chi connectivity index (χ1) is 6.79. The molecule has 0 aliphatic heterocycles. The average molecular weight is 258 g/mol. The normalized spacial score (nSPS) is 16.1. The molecule has 4 nitrogen and oxygen atoms in total. The molecule has 0 amide bonds. The lowest BCUT2D eigenvalue weighted by Crippen LogP contribution is -2.27. The molecule has 1 aromatic rings. The topological polar surface area (TPSA) is 47.0 Å². The summed E-state index contributed by atoms with van der Waals surface area (Å²) in [6, 6.07) is 0.959. The van der Waals surface area contributed by atoms with Crippen LogP contribution < -0.4 is 10.1 Å². The fraction of sp³-hybridized carbons (Fsp3) is 0.556. The Labute approximate surface area is 91.2 Å². The number of halogens is 1. The summed E-state index contributed by atoms with van der Waals surface area (Å²) in [5.41, 5.74) is 0. The number of aromatic nitrogens is 2. The zero-order chi connectivity index (χ0) is 9.97. The van der Waals surface area contributed by atoms with Gasteiger partial charge in [0.15, 0.2) is 0 Å². The lowest BCUT2D eigenvalue weighted by Gasteiger charge is -2.27. The van der Waals surface area contributed by atoms with E-state index in [2.05, 4.69) is 31.2 Å². The third-order valence-corrected chi connectivity index (χ3v) is 2.93. The van der Waals surface area contributed by atoms with Crippen molar-refractivity contribution in [2.24, 2.45) is 0 Å². The molecule has 1 aliphatic carbocycles. The van der Waals surface area contributed by atoms with Gasteiger partial charge in [-0.25, -0.2) is 4.98 Å². The lowest BCUT2D eigenvalue weighted by atomic mass is 9.93. The number of ether oxygens (including phenoxy) is 1. The van der Waals surface area contributed by atoms with Crippen LogP contribution in [0.1, 0.15) is 19.3 Å². The van der Waals surface area contributed by atoms with Gasteiger partial charge in [-0.15, -0.1) is 0 Å². The van der Waals surface area contributed by atoms with Crippen molar-refractivity contribution in [3.8, 4) is 6.01 Å². The molecule has 0 saturated heterocycles. The van der Waals surface area contributed by atoms with Crippen molar-refractivity contribution in [3.63, 3.8) is 0 Å². The average Bonchev–Trinajstić information content (AvgIpc) is 2.14. The van der Waals surface area contributed by atoms with Crippen LogP contribution in [0, 0.1) is 0 Å². The first kappa shape index (κ1) is 9.71. The molecule has 0 radical (unpaired) electrons. The molecule has 0 bridgehead atoms. The van der Waals surface area contributed by atoms with Gasteiger partial charge < -0.3 is 10.1 Å². The lowest BCUT2D eigenvalue weighted by molar-refractivity contribution is 0.379. The van der Waals surface area contributed by atoms with E-state index < -0.39 is 0 Å². The van der Waals surface area contributed by atoms with E-state index in [-0.39, 0.29) is 0 Å². The minimum absolute atomic E-state index is 0.398. The number of anilines is 1. The molecule has 76 valence electrons. The van der Waals surface area contributed by atoms with Crippen molar-refractivity contribution in [3.05, 3.63) is 10.7 Å². The SMILES string of the molecule is COc1ncc(Br)c(NC2CCC2)n1. The molecule has 1 heterocycles. The largest absolute Gasteiger partial charge is 0.467 e. The molecule has 0 aromatic carbocycles. The first-order valence-corrected chi connectivity index (χ1v) is 5.42. The molecule has 1 saturated carbocycles. The minimum Gasteiger partial charge on any atom is -0.467 e. The summed E-state index contributed by atoms with van der Waals surface area (Å²) in [5.74, 6) is 0.821. The van der Waals surface area contributed by atoms with Crippen LogP contribution in [0.2, 0.25) is 0 Å². The summed E-state index contributed by atoms with van der Waals surface area (Å²) in [6.45, 7) is 0. The van der Waals surface area contributed by atoms with E-state index in [1.807, 2.05) is 0 Å². The molecule has 1 aromatic heterocycles. The third kappa shape index (κ3) is 1.97. The molecule has 0 atom stereocenters. The summed E-state index contributed by atoms with van der Waals surface area (Å²) in [4.78, 5) is 8.21. The summed E-state index contributed by atoms with van der Waals surface area (Å²) < 4.78 is 5.84. The van der Waals surface area contributed by atoms with Crippen LogP contribution >= 0.6 is 15.9 Å². The van der Waals surface area contributed by atoms with Crippen LogP contribution in [0.5, 0.6) is 6.01 Å². The molecule has 1 N–H and O–H groups in total. The number of nitrogens with one attached hydrogen (secondary N) is 1. The standard InChI is InChI=1S/C9H12BrN3O/c1-14-9-11-5-7(10)8(13-9)12-6-3-2-4-6/h5-6H,2-4H2,1H3,(H,11,12,13). The maximum Gasteiger partial charge on any atom is 0.318 e. The number of nitrogens with zero attached hydrogens (tertiary/aromatic N) is 2. The Bertz CT molecular complexity index is 328. The van der Waals surface area contributed by atoms with Crippen molar-refractivity contribution in [1.29, 1.82) is 0 Å². The van der Waals surface area contributed by atoms with Gasteiger partial charge in [0.05, 0.1) is 17.8 Å². The van der Waals surface area contributed by atoms with Crippen molar-refractivity contribution < 1.29 is 4.74 Å². The maximum atomic E-state index is 4.96. The predicted molar refractivity (Wildman–Crippen MR) is 57.5 cm³/mol. The highest BCUT2D eigenvalue weighted by Gasteiger charge is 2.18. The summed E-state index contributed by atoms with van der Waals surface area (Å²) in [5, 5.41) is 3.34. The van der Waals surface area contributed by atoms with Gasteiger partial charge in [0, 0.05) is 6.04 Å². The highest BCUT2D eigenvalue weighted by molar-refractivity contribution is 9.10. The van der Waals surface area contributed by atoms with E-state index in [1.165, 1.54) is 19.3 Å². The highest BCUT2D eigenvalue weighted by atomic mass is 79.9. The van der Waals surface area contributed by atoms with Gasteiger partial charge in [-0.1, -0.05) is 0 Å². The van der Waals surface area contributed by atoms with Gasteiger partial charge in [-0.3, -0.25) is 0 Å². The smallest absolute Gasteiger partial charge is 0.318 e. The predicted octanol–water partition coefficient (Wildman–Crippen LogP) is 2.21.